The molecule has 112 valence electrons. The van der Waals surface area contributed by atoms with Gasteiger partial charge in [0.05, 0.1) is 19.8 Å². The van der Waals surface area contributed by atoms with Crippen LogP contribution in [0.2, 0.25) is 0 Å². The van der Waals surface area contributed by atoms with Crippen LogP contribution >= 0.6 is 0 Å². The van der Waals surface area contributed by atoms with E-state index in [1.807, 2.05) is 0 Å². The Hall–Kier alpha value is -2.21. The molecule has 2 aromatic rings. The van der Waals surface area contributed by atoms with Crippen LogP contribution in [0.25, 0.3) is 0 Å². The summed E-state index contributed by atoms with van der Waals surface area (Å²) in [6.07, 6.45) is -1.80. The monoisotopic (exact) mass is 298 g/mol. The van der Waals surface area contributed by atoms with E-state index in [0.717, 1.165) is 30.3 Å². The first-order chi connectivity index (χ1) is 9.99. The molecule has 0 aliphatic heterocycles. The minimum atomic E-state index is -1.80. The summed E-state index contributed by atoms with van der Waals surface area (Å²) in [6, 6.07) is 5.26. The molecular formula is C15H13F3O3. The second-order valence-corrected chi connectivity index (χ2v) is 4.27. The van der Waals surface area contributed by atoms with Crippen molar-refractivity contribution in [2.24, 2.45) is 0 Å². The molecule has 21 heavy (non-hydrogen) atoms. The number of hydrogen-bond donors (Lipinski definition) is 1. The van der Waals surface area contributed by atoms with Gasteiger partial charge in [0.2, 0.25) is 0 Å². The van der Waals surface area contributed by atoms with Crippen LogP contribution in [0.4, 0.5) is 13.2 Å². The van der Waals surface area contributed by atoms with Gasteiger partial charge < -0.3 is 14.6 Å². The molecule has 0 radical (unpaired) electrons. The predicted octanol–water partition coefficient (Wildman–Crippen LogP) is 3.20. The Morgan fingerprint density at radius 1 is 0.905 bits per heavy atom. The largest absolute Gasteiger partial charge is 0.493 e. The van der Waals surface area contributed by atoms with E-state index in [2.05, 4.69) is 0 Å². The summed E-state index contributed by atoms with van der Waals surface area (Å²) >= 11 is 0. The highest BCUT2D eigenvalue weighted by Gasteiger charge is 2.24. The van der Waals surface area contributed by atoms with E-state index in [1.54, 1.807) is 0 Å². The number of aliphatic hydroxyl groups is 1. The maximum Gasteiger partial charge on any atom is 0.163 e. The third-order valence-electron chi connectivity index (χ3n) is 3.07. The minimum absolute atomic E-state index is 0.111. The maximum absolute atomic E-state index is 14.0. The van der Waals surface area contributed by atoms with Crippen molar-refractivity contribution < 1.29 is 27.8 Å². The van der Waals surface area contributed by atoms with Gasteiger partial charge in [-0.25, -0.2) is 13.2 Å². The molecule has 0 spiro atoms. The molecule has 0 aromatic heterocycles. The zero-order chi connectivity index (χ0) is 15.6. The van der Waals surface area contributed by atoms with Crippen molar-refractivity contribution in [3.63, 3.8) is 0 Å². The molecule has 1 atom stereocenters. The highest BCUT2D eigenvalue weighted by molar-refractivity contribution is 5.46. The van der Waals surface area contributed by atoms with Gasteiger partial charge in [0.25, 0.3) is 0 Å². The lowest BCUT2D eigenvalue weighted by Gasteiger charge is -2.16. The van der Waals surface area contributed by atoms with Gasteiger partial charge in [-0.3, -0.25) is 0 Å². The maximum atomic E-state index is 14.0. The number of rotatable bonds is 4. The lowest BCUT2D eigenvalue weighted by atomic mass is 9.99. The molecule has 1 N–H and O–H groups in total. The van der Waals surface area contributed by atoms with Gasteiger partial charge in [-0.05, 0) is 18.2 Å². The molecule has 0 saturated carbocycles. The van der Waals surface area contributed by atoms with Gasteiger partial charge in [0, 0.05) is 11.6 Å². The average molecular weight is 298 g/mol. The second kappa shape index (κ2) is 6.05. The number of aliphatic hydroxyl groups excluding tert-OH is 1. The van der Waals surface area contributed by atoms with E-state index < -0.39 is 29.1 Å². The lowest BCUT2D eigenvalue weighted by molar-refractivity contribution is 0.203. The molecule has 6 heteroatoms. The molecule has 0 saturated heterocycles. The fourth-order valence-corrected chi connectivity index (χ4v) is 2.01. The van der Waals surface area contributed by atoms with E-state index in [-0.39, 0.29) is 17.1 Å². The first-order valence-electron chi connectivity index (χ1n) is 6.03. The molecule has 0 aliphatic carbocycles. The van der Waals surface area contributed by atoms with Crippen molar-refractivity contribution in [3.05, 3.63) is 58.9 Å². The highest BCUT2D eigenvalue weighted by atomic mass is 19.1. The van der Waals surface area contributed by atoms with E-state index in [9.17, 15) is 18.3 Å². The van der Waals surface area contributed by atoms with Crippen LogP contribution in [-0.2, 0) is 0 Å². The fraction of sp³-hybridized carbons (Fsp3) is 0.200. The van der Waals surface area contributed by atoms with Crippen molar-refractivity contribution >= 4 is 0 Å². The molecule has 0 fully saturated rings. The first-order valence-corrected chi connectivity index (χ1v) is 6.03. The molecule has 2 rings (SSSR count). The summed E-state index contributed by atoms with van der Waals surface area (Å²) in [5, 5.41) is 10.1. The molecular weight excluding hydrogens is 285 g/mol. The zero-order valence-electron chi connectivity index (χ0n) is 11.4. The van der Waals surface area contributed by atoms with Crippen molar-refractivity contribution in [2.45, 2.75) is 6.10 Å². The summed E-state index contributed by atoms with van der Waals surface area (Å²) in [5.74, 6) is -2.53. The topological polar surface area (TPSA) is 38.7 Å². The van der Waals surface area contributed by atoms with E-state index in [0.29, 0.717) is 0 Å². The van der Waals surface area contributed by atoms with E-state index >= 15 is 0 Å². The molecule has 0 aliphatic rings. The molecule has 3 nitrogen and oxygen atoms in total. The van der Waals surface area contributed by atoms with Gasteiger partial charge in [0.1, 0.15) is 23.6 Å². The summed E-state index contributed by atoms with van der Waals surface area (Å²) in [5.41, 5.74) is -0.930. The predicted molar refractivity (Wildman–Crippen MR) is 69.9 cm³/mol. The van der Waals surface area contributed by atoms with Gasteiger partial charge in [0.15, 0.2) is 11.5 Å². The van der Waals surface area contributed by atoms with Gasteiger partial charge in [-0.1, -0.05) is 6.07 Å². The number of ether oxygens (including phenoxy) is 2. The summed E-state index contributed by atoms with van der Waals surface area (Å²) in [6.45, 7) is 0. The summed E-state index contributed by atoms with van der Waals surface area (Å²) < 4.78 is 51.2. The number of methoxy groups -OCH3 is 2. The van der Waals surface area contributed by atoms with Crippen molar-refractivity contribution in [2.75, 3.05) is 14.2 Å². The Morgan fingerprint density at radius 2 is 1.43 bits per heavy atom. The number of halogens is 3. The molecule has 0 heterocycles. The third-order valence-corrected chi connectivity index (χ3v) is 3.07. The zero-order valence-corrected chi connectivity index (χ0v) is 11.4. The van der Waals surface area contributed by atoms with Gasteiger partial charge in [-0.15, -0.1) is 0 Å². The van der Waals surface area contributed by atoms with Crippen LogP contribution in [-0.4, -0.2) is 19.3 Å². The van der Waals surface area contributed by atoms with Gasteiger partial charge in [-0.2, -0.15) is 0 Å². The Balaban J connectivity index is 2.56. The van der Waals surface area contributed by atoms with Crippen LogP contribution < -0.4 is 9.47 Å². The SMILES string of the molecule is COc1cc(F)c(C(O)c2c(F)cccc2F)cc1OC. The van der Waals surface area contributed by atoms with Crippen LogP contribution in [0.5, 0.6) is 11.5 Å². The van der Waals surface area contributed by atoms with E-state index in [1.165, 1.54) is 14.2 Å². The van der Waals surface area contributed by atoms with Crippen LogP contribution in [0.1, 0.15) is 17.2 Å². The smallest absolute Gasteiger partial charge is 0.163 e. The Bertz CT molecular complexity index is 639. The second-order valence-electron chi connectivity index (χ2n) is 4.27. The fourth-order valence-electron chi connectivity index (χ4n) is 2.01. The third kappa shape index (κ3) is 2.80. The number of hydrogen-bond acceptors (Lipinski definition) is 3. The lowest BCUT2D eigenvalue weighted by Crippen LogP contribution is -2.08. The minimum Gasteiger partial charge on any atom is -0.493 e. The normalized spacial score (nSPS) is 12.1. The van der Waals surface area contributed by atoms with Crippen LogP contribution in [0.15, 0.2) is 30.3 Å². The first kappa shape index (κ1) is 15.2. The Morgan fingerprint density at radius 3 is 1.95 bits per heavy atom. The average Bonchev–Trinajstić information content (AvgIpc) is 2.46. The summed E-state index contributed by atoms with van der Waals surface area (Å²) in [7, 11) is 2.65. The number of benzene rings is 2. The standard InChI is InChI=1S/C15H13F3O3/c1-20-12-6-8(11(18)7-13(12)21-2)15(19)14-9(16)4-3-5-10(14)17/h3-7,15,19H,1-2H3. The molecule has 0 bridgehead atoms. The Labute approximate surface area is 119 Å². The molecule has 0 amide bonds. The van der Waals surface area contributed by atoms with Crippen molar-refractivity contribution in [3.8, 4) is 11.5 Å². The Kier molecular flexibility index (Phi) is 4.37. The van der Waals surface area contributed by atoms with Gasteiger partial charge >= 0.3 is 0 Å². The molecule has 2 aromatic carbocycles. The van der Waals surface area contributed by atoms with E-state index in [4.69, 9.17) is 9.47 Å². The molecule has 1 unspecified atom stereocenters. The van der Waals surface area contributed by atoms with Crippen LogP contribution in [0.3, 0.4) is 0 Å². The van der Waals surface area contributed by atoms with Crippen LogP contribution in [0, 0.1) is 17.5 Å². The van der Waals surface area contributed by atoms with Crippen molar-refractivity contribution in [1.29, 1.82) is 0 Å². The quantitative estimate of drug-likeness (QED) is 0.942. The van der Waals surface area contributed by atoms with Crippen molar-refractivity contribution in [1.82, 2.24) is 0 Å². The summed E-state index contributed by atoms with van der Waals surface area (Å²) in [4.78, 5) is 0. The highest BCUT2D eigenvalue weighted by Crippen LogP contribution is 2.35.